The number of nitrogens with one attached hydrogen (secondary N) is 1. The van der Waals surface area contributed by atoms with Gasteiger partial charge in [-0.2, -0.15) is 0 Å². The molecule has 106 valence electrons. The van der Waals surface area contributed by atoms with Crippen molar-refractivity contribution in [3.8, 4) is 0 Å². The fourth-order valence-electron chi connectivity index (χ4n) is 2.39. The van der Waals surface area contributed by atoms with E-state index in [9.17, 15) is 0 Å². The molecule has 3 heteroatoms. The second-order valence-corrected chi connectivity index (χ2v) is 6.35. The first-order chi connectivity index (χ1) is 9.24. The van der Waals surface area contributed by atoms with Crippen molar-refractivity contribution in [2.24, 2.45) is 5.92 Å². The molecule has 0 atom stereocenters. The fraction of sp³-hybridized carbons (Fsp3) is 0.625. The Morgan fingerprint density at radius 1 is 1.32 bits per heavy atom. The average Bonchev–Trinajstić information content (AvgIpc) is 3.22. The third kappa shape index (κ3) is 4.50. The summed E-state index contributed by atoms with van der Waals surface area (Å²) in [5.74, 6) is 0.926. The summed E-state index contributed by atoms with van der Waals surface area (Å²) in [5.41, 5.74) is 2.81. The highest BCUT2D eigenvalue weighted by Crippen LogP contribution is 2.33. The summed E-state index contributed by atoms with van der Waals surface area (Å²) >= 11 is 3.61. The third-order valence-electron chi connectivity index (χ3n) is 3.69. The van der Waals surface area contributed by atoms with E-state index >= 15 is 0 Å². The van der Waals surface area contributed by atoms with Gasteiger partial charge in [-0.1, -0.05) is 28.9 Å². The van der Waals surface area contributed by atoms with Crippen molar-refractivity contribution in [2.75, 3.05) is 24.5 Å². The number of anilines is 1. The fourth-order valence-corrected chi connectivity index (χ4v) is 2.74. The monoisotopic (exact) mass is 324 g/mol. The Kier molecular flexibility index (Phi) is 5.71. The maximum Gasteiger partial charge on any atom is 0.0423 e. The molecule has 1 N–H and O–H groups in total. The van der Waals surface area contributed by atoms with E-state index in [2.05, 4.69) is 58.2 Å². The van der Waals surface area contributed by atoms with Crippen LogP contribution < -0.4 is 10.2 Å². The summed E-state index contributed by atoms with van der Waals surface area (Å²) in [7, 11) is 0. The highest BCUT2D eigenvalue weighted by Gasteiger charge is 2.24. The van der Waals surface area contributed by atoms with Crippen molar-refractivity contribution in [1.29, 1.82) is 0 Å². The van der Waals surface area contributed by atoms with E-state index in [0.717, 1.165) is 25.6 Å². The lowest BCUT2D eigenvalue weighted by Gasteiger charge is -2.26. The van der Waals surface area contributed by atoms with Crippen molar-refractivity contribution >= 4 is 21.6 Å². The molecule has 1 aromatic rings. The number of benzene rings is 1. The lowest BCUT2D eigenvalue weighted by molar-refractivity contribution is 0.669. The standard InChI is InChI=1S/C16H25BrN2/c1-3-9-18-11-14-7-8-15(17)10-16(14)19(4-2)12-13-5-6-13/h7-8,10,13,18H,3-6,9,11-12H2,1-2H3. The molecule has 0 saturated heterocycles. The molecule has 1 aliphatic carbocycles. The normalized spacial score (nSPS) is 14.7. The predicted octanol–water partition coefficient (Wildman–Crippen LogP) is 4.19. The first-order valence-corrected chi connectivity index (χ1v) is 8.28. The molecular formula is C16H25BrN2. The van der Waals surface area contributed by atoms with E-state index in [1.165, 1.54) is 41.5 Å². The van der Waals surface area contributed by atoms with Gasteiger partial charge in [-0.25, -0.2) is 0 Å². The number of halogens is 1. The molecule has 0 radical (unpaired) electrons. The molecule has 0 aliphatic heterocycles. The summed E-state index contributed by atoms with van der Waals surface area (Å²) in [6.45, 7) is 8.83. The molecule has 0 spiro atoms. The van der Waals surface area contributed by atoms with Gasteiger partial charge in [-0.15, -0.1) is 0 Å². The molecule has 2 nitrogen and oxygen atoms in total. The summed E-state index contributed by atoms with van der Waals surface area (Å²) in [5, 5.41) is 3.52. The van der Waals surface area contributed by atoms with Crippen LogP contribution in [0.4, 0.5) is 5.69 Å². The smallest absolute Gasteiger partial charge is 0.0423 e. The van der Waals surface area contributed by atoms with E-state index < -0.39 is 0 Å². The topological polar surface area (TPSA) is 15.3 Å². The molecule has 0 aromatic heterocycles. The minimum absolute atomic E-state index is 0.926. The lowest BCUT2D eigenvalue weighted by atomic mass is 10.1. The van der Waals surface area contributed by atoms with Gasteiger partial charge in [0, 0.05) is 29.8 Å². The van der Waals surface area contributed by atoms with Gasteiger partial charge < -0.3 is 10.2 Å². The van der Waals surface area contributed by atoms with Crippen LogP contribution in [0.1, 0.15) is 38.7 Å². The predicted molar refractivity (Wildman–Crippen MR) is 86.8 cm³/mol. The lowest BCUT2D eigenvalue weighted by Crippen LogP contribution is -2.27. The van der Waals surface area contributed by atoms with Crippen molar-refractivity contribution in [3.05, 3.63) is 28.2 Å². The molecule has 0 heterocycles. The summed E-state index contributed by atoms with van der Waals surface area (Å²) < 4.78 is 1.18. The highest BCUT2D eigenvalue weighted by molar-refractivity contribution is 9.10. The van der Waals surface area contributed by atoms with Gasteiger partial charge in [0.15, 0.2) is 0 Å². The van der Waals surface area contributed by atoms with Crippen LogP contribution in [0.2, 0.25) is 0 Å². The van der Waals surface area contributed by atoms with E-state index in [4.69, 9.17) is 0 Å². The molecule has 1 fully saturated rings. The van der Waals surface area contributed by atoms with E-state index in [-0.39, 0.29) is 0 Å². The van der Waals surface area contributed by atoms with Crippen LogP contribution >= 0.6 is 15.9 Å². The first-order valence-electron chi connectivity index (χ1n) is 7.48. The number of hydrogen-bond donors (Lipinski definition) is 1. The average molecular weight is 325 g/mol. The van der Waals surface area contributed by atoms with Crippen LogP contribution in [-0.2, 0) is 6.54 Å². The molecule has 1 saturated carbocycles. The maximum atomic E-state index is 3.61. The Morgan fingerprint density at radius 3 is 2.74 bits per heavy atom. The SMILES string of the molecule is CCCNCc1ccc(Br)cc1N(CC)CC1CC1. The summed E-state index contributed by atoms with van der Waals surface area (Å²) in [4.78, 5) is 2.53. The number of hydrogen-bond acceptors (Lipinski definition) is 2. The first kappa shape index (κ1) is 14.9. The molecule has 1 aliphatic rings. The van der Waals surface area contributed by atoms with Crippen LogP contribution in [0.25, 0.3) is 0 Å². The number of nitrogens with zero attached hydrogens (tertiary/aromatic N) is 1. The second-order valence-electron chi connectivity index (χ2n) is 5.43. The van der Waals surface area contributed by atoms with Crippen LogP contribution in [-0.4, -0.2) is 19.6 Å². The largest absolute Gasteiger partial charge is 0.371 e. The highest BCUT2D eigenvalue weighted by atomic mass is 79.9. The summed E-state index contributed by atoms with van der Waals surface area (Å²) in [6.07, 6.45) is 4.01. The van der Waals surface area contributed by atoms with Crippen LogP contribution in [0.3, 0.4) is 0 Å². The Bertz CT molecular complexity index is 402. The van der Waals surface area contributed by atoms with Crippen molar-refractivity contribution in [2.45, 2.75) is 39.7 Å². The van der Waals surface area contributed by atoms with Crippen LogP contribution in [0, 0.1) is 5.92 Å². The maximum absolute atomic E-state index is 3.61. The van der Waals surface area contributed by atoms with E-state index in [0.29, 0.717) is 0 Å². The van der Waals surface area contributed by atoms with Crippen molar-refractivity contribution in [3.63, 3.8) is 0 Å². The molecule has 1 aromatic carbocycles. The Morgan fingerprint density at radius 2 is 2.11 bits per heavy atom. The zero-order valence-corrected chi connectivity index (χ0v) is 13.7. The quantitative estimate of drug-likeness (QED) is 0.721. The molecule has 0 bridgehead atoms. The van der Waals surface area contributed by atoms with Crippen LogP contribution in [0.5, 0.6) is 0 Å². The third-order valence-corrected chi connectivity index (χ3v) is 4.18. The molecule has 0 amide bonds. The Hall–Kier alpha value is -0.540. The van der Waals surface area contributed by atoms with Gasteiger partial charge in [0.05, 0.1) is 0 Å². The minimum atomic E-state index is 0.926. The minimum Gasteiger partial charge on any atom is -0.371 e. The van der Waals surface area contributed by atoms with E-state index in [1.54, 1.807) is 0 Å². The van der Waals surface area contributed by atoms with Gasteiger partial charge in [0.2, 0.25) is 0 Å². The molecular weight excluding hydrogens is 300 g/mol. The van der Waals surface area contributed by atoms with Crippen molar-refractivity contribution in [1.82, 2.24) is 5.32 Å². The van der Waals surface area contributed by atoms with Crippen LogP contribution in [0.15, 0.2) is 22.7 Å². The zero-order chi connectivity index (χ0) is 13.7. The van der Waals surface area contributed by atoms with Gasteiger partial charge in [-0.3, -0.25) is 0 Å². The van der Waals surface area contributed by atoms with E-state index in [1.807, 2.05) is 0 Å². The van der Waals surface area contributed by atoms with Gasteiger partial charge in [0.1, 0.15) is 0 Å². The van der Waals surface area contributed by atoms with Gasteiger partial charge in [0.25, 0.3) is 0 Å². The molecule has 19 heavy (non-hydrogen) atoms. The van der Waals surface area contributed by atoms with Gasteiger partial charge in [-0.05, 0) is 56.3 Å². The molecule has 0 unspecified atom stereocenters. The molecule has 2 rings (SSSR count). The second kappa shape index (κ2) is 7.30. The Labute approximate surface area is 125 Å². The summed E-state index contributed by atoms with van der Waals surface area (Å²) in [6, 6.07) is 6.67. The zero-order valence-electron chi connectivity index (χ0n) is 12.1. The van der Waals surface area contributed by atoms with Crippen molar-refractivity contribution < 1.29 is 0 Å². The Balaban J connectivity index is 2.11. The van der Waals surface area contributed by atoms with Gasteiger partial charge >= 0.3 is 0 Å². The number of rotatable bonds is 8.